The van der Waals surface area contributed by atoms with Gasteiger partial charge in [0.2, 0.25) is 0 Å². The Kier molecular flexibility index (Phi) is 17.7. The topological polar surface area (TPSA) is 63.6 Å². The van der Waals surface area contributed by atoms with Crippen LogP contribution in [0.1, 0.15) is 84.0 Å². The fourth-order valence-electron chi connectivity index (χ4n) is 3.26. The number of carboxylic acid groups (broad SMARTS) is 1. The molecule has 0 amide bonds. The number of carboxylic acids is 1. The van der Waals surface area contributed by atoms with Crippen molar-refractivity contribution >= 4 is 11.9 Å². The fourth-order valence-corrected chi connectivity index (χ4v) is 3.26. The quantitative estimate of drug-likeness (QED) is 0.116. The second-order valence-corrected chi connectivity index (χ2v) is 9.14. The molecule has 0 radical (unpaired) electrons. The Morgan fingerprint density at radius 2 is 1.39 bits per heavy atom. The van der Waals surface area contributed by atoms with Gasteiger partial charge >= 0.3 is 11.9 Å². The number of hydrogen-bond donors (Lipinski definition) is 1. The van der Waals surface area contributed by atoms with Crippen LogP contribution in [-0.2, 0) is 14.3 Å². The molecule has 0 aromatic rings. The van der Waals surface area contributed by atoms with E-state index in [1.807, 2.05) is 21.1 Å². The Morgan fingerprint density at radius 3 is 1.97 bits per heavy atom. The molecule has 0 rings (SSSR count). The average Bonchev–Trinajstić information content (AvgIpc) is 2.65. The SMILES string of the molecule is CC/C=C/C/C=C/C/C=C/CCCCCCCCC(=O)OC(CC(=O)O)C[N+](C)(C)C. The summed E-state index contributed by atoms with van der Waals surface area (Å²) < 4.78 is 5.97. The number of aliphatic carboxylic acids is 1. The number of carbonyl (C=O) groups is 2. The van der Waals surface area contributed by atoms with Crippen LogP contribution in [0.5, 0.6) is 0 Å². The number of rotatable bonds is 19. The first-order chi connectivity index (χ1) is 14.7. The molecule has 1 N–H and O–H groups in total. The van der Waals surface area contributed by atoms with Crippen LogP contribution in [0.2, 0.25) is 0 Å². The van der Waals surface area contributed by atoms with Gasteiger partial charge in [-0.2, -0.15) is 0 Å². The lowest BCUT2D eigenvalue weighted by atomic mass is 10.1. The summed E-state index contributed by atoms with van der Waals surface area (Å²) in [5.74, 6) is -1.21. The lowest BCUT2D eigenvalue weighted by Crippen LogP contribution is -2.43. The van der Waals surface area contributed by atoms with Crippen LogP contribution in [0.4, 0.5) is 0 Å². The average molecular weight is 437 g/mol. The number of ether oxygens (including phenoxy) is 1. The Balaban J connectivity index is 3.70. The van der Waals surface area contributed by atoms with Crippen molar-refractivity contribution < 1.29 is 23.9 Å². The first-order valence-corrected chi connectivity index (χ1v) is 11.9. The number of allylic oxidation sites excluding steroid dienone is 6. The molecular weight excluding hydrogens is 390 g/mol. The normalized spacial score (nSPS) is 13.4. The molecule has 0 bridgehead atoms. The third-order valence-corrected chi connectivity index (χ3v) is 4.73. The van der Waals surface area contributed by atoms with E-state index in [0.717, 1.165) is 44.9 Å². The van der Waals surface area contributed by atoms with Crippen LogP contribution in [0.25, 0.3) is 0 Å². The Bertz CT molecular complexity index is 558. The molecule has 178 valence electrons. The van der Waals surface area contributed by atoms with Crippen molar-refractivity contribution in [1.82, 2.24) is 0 Å². The number of esters is 1. The summed E-state index contributed by atoms with van der Waals surface area (Å²) in [5.41, 5.74) is 0. The highest BCUT2D eigenvalue weighted by atomic mass is 16.5. The lowest BCUT2D eigenvalue weighted by Gasteiger charge is -2.28. The number of likely N-dealkylation sites (N-methyl/N-ethyl adjacent to an activating group) is 1. The Hall–Kier alpha value is -1.88. The van der Waals surface area contributed by atoms with E-state index in [1.165, 1.54) is 19.3 Å². The predicted molar refractivity (Wildman–Crippen MR) is 129 cm³/mol. The molecule has 0 aromatic heterocycles. The van der Waals surface area contributed by atoms with Crippen LogP contribution in [0.15, 0.2) is 36.5 Å². The van der Waals surface area contributed by atoms with Crippen molar-refractivity contribution in [3.05, 3.63) is 36.5 Å². The van der Waals surface area contributed by atoms with E-state index in [1.54, 1.807) is 0 Å². The maximum Gasteiger partial charge on any atom is 0.307 e. The zero-order chi connectivity index (χ0) is 23.4. The molecule has 5 nitrogen and oxygen atoms in total. The number of carbonyl (C=O) groups excluding carboxylic acids is 1. The highest BCUT2D eigenvalue weighted by molar-refractivity contribution is 5.71. The number of nitrogens with zero attached hydrogens (tertiary/aromatic N) is 1. The largest absolute Gasteiger partial charge is 0.481 e. The predicted octanol–water partition coefficient (Wildman–Crippen LogP) is 6.06. The van der Waals surface area contributed by atoms with Gasteiger partial charge in [0, 0.05) is 6.42 Å². The van der Waals surface area contributed by atoms with Crippen molar-refractivity contribution in [1.29, 1.82) is 0 Å². The van der Waals surface area contributed by atoms with Gasteiger partial charge in [-0.3, -0.25) is 9.59 Å². The van der Waals surface area contributed by atoms with Crippen LogP contribution < -0.4 is 0 Å². The van der Waals surface area contributed by atoms with Crippen molar-refractivity contribution in [2.45, 2.75) is 90.1 Å². The molecule has 1 atom stereocenters. The van der Waals surface area contributed by atoms with Gasteiger partial charge in [-0.05, 0) is 38.5 Å². The fraction of sp³-hybridized carbons (Fsp3) is 0.692. The molecule has 0 aliphatic carbocycles. The van der Waals surface area contributed by atoms with Crippen LogP contribution in [0.3, 0.4) is 0 Å². The summed E-state index contributed by atoms with van der Waals surface area (Å²) in [7, 11) is 5.88. The molecule has 0 fully saturated rings. The van der Waals surface area contributed by atoms with Gasteiger partial charge in [-0.25, -0.2) is 0 Å². The molecule has 0 aliphatic rings. The van der Waals surface area contributed by atoms with Gasteiger partial charge in [0.15, 0.2) is 6.10 Å². The summed E-state index contributed by atoms with van der Waals surface area (Å²) in [6.07, 6.45) is 23.8. The van der Waals surface area contributed by atoms with Crippen LogP contribution in [0, 0.1) is 0 Å². The first-order valence-electron chi connectivity index (χ1n) is 11.9. The third kappa shape index (κ3) is 22.6. The minimum atomic E-state index is -0.933. The van der Waals surface area contributed by atoms with Crippen LogP contribution in [-0.4, -0.2) is 55.3 Å². The maximum absolute atomic E-state index is 12.0. The van der Waals surface area contributed by atoms with Crippen LogP contribution >= 0.6 is 0 Å². The Morgan fingerprint density at radius 1 is 0.839 bits per heavy atom. The standard InChI is InChI=1S/C26H45NO4/c1-5-6-7-8-9-10-11-12-13-14-15-16-17-18-19-20-21-26(30)31-24(22-25(28)29)23-27(2,3)4/h6-7,9-10,12-13,24H,5,8,11,14-23H2,1-4H3/p+1/b7-6+,10-9+,13-12+. The van der Waals surface area contributed by atoms with Gasteiger partial charge in [0.05, 0.1) is 27.6 Å². The molecule has 0 saturated carbocycles. The van der Waals surface area contributed by atoms with Crippen molar-refractivity contribution in [3.8, 4) is 0 Å². The molecular formula is C26H46NO4+. The summed E-state index contributed by atoms with van der Waals surface area (Å²) in [4.78, 5) is 23.0. The number of quaternary nitrogens is 1. The molecule has 0 spiro atoms. The smallest absolute Gasteiger partial charge is 0.307 e. The highest BCUT2D eigenvalue weighted by Gasteiger charge is 2.24. The van der Waals surface area contributed by atoms with E-state index in [0.29, 0.717) is 17.4 Å². The number of unbranched alkanes of at least 4 members (excludes halogenated alkanes) is 6. The van der Waals surface area contributed by atoms with E-state index in [4.69, 9.17) is 9.84 Å². The highest BCUT2D eigenvalue weighted by Crippen LogP contribution is 2.11. The first kappa shape index (κ1) is 29.1. The molecule has 0 aromatic carbocycles. The molecule has 0 heterocycles. The third-order valence-electron chi connectivity index (χ3n) is 4.73. The van der Waals surface area contributed by atoms with E-state index in [9.17, 15) is 9.59 Å². The minimum absolute atomic E-state index is 0.137. The summed E-state index contributed by atoms with van der Waals surface area (Å²) in [5, 5.41) is 9.01. The molecule has 0 saturated heterocycles. The van der Waals surface area contributed by atoms with E-state index in [2.05, 4.69) is 43.4 Å². The minimum Gasteiger partial charge on any atom is -0.481 e. The summed E-state index contributed by atoms with van der Waals surface area (Å²) >= 11 is 0. The van der Waals surface area contributed by atoms with Crippen molar-refractivity contribution in [2.24, 2.45) is 0 Å². The zero-order valence-electron chi connectivity index (χ0n) is 20.4. The van der Waals surface area contributed by atoms with Gasteiger partial charge < -0.3 is 14.3 Å². The molecule has 0 aliphatic heterocycles. The van der Waals surface area contributed by atoms with Crippen molar-refractivity contribution in [2.75, 3.05) is 27.7 Å². The molecule has 1 unspecified atom stereocenters. The van der Waals surface area contributed by atoms with E-state index < -0.39 is 12.1 Å². The maximum atomic E-state index is 12.0. The van der Waals surface area contributed by atoms with Gasteiger partial charge in [-0.1, -0.05) is 69.1 Å². The second kappa shape index (κ2) is 18.9. The van der Waals surface area contributed by atoms with E-state index in [-0.39, 0.29) is 12.4 Å². The Labute approximate surface area is 190 Å². The second-order valence-electron chi connectivity index (χ2n) is 9.14. The summed E-state index contributed by atoms with van der Waals surface area (Å²) in [6.45, 7) is 2.65. The van der Waals surface area contributed by atoms with Gasteiger partial charge in [0.1, 0.15) is 6.54 Å². The molecule has 5 heteroatoms. The van der Waals surface area contributed by atoms with E-state index >= 15 is 0 Å². The van der Waals surface area contributed by atoms with Gasteiger partial charge in [-0.15, -0.1) is 0 Å². The molecule has 31 heavy (non-hydrogen) atoms. The zero-order valence-corrected chi connectivity index (χ0v) is 20.4. The monoisotopic (exact) mass is 436 g/mol. The summed E-state index contributed by atoms with van der Waals surface area (Å²) in [6, 6.07) is 0. The van der Waals surface area contributed by atoms with Crippen molar-refractivity contribution in [3.63, 3.8) is 0 Å². The lowest BCUT2D eigenvalue weighted by molar-refractivity contribution is -0.873. The van der Waals surface area contributed by atoms with Gasteiger partial charge in [0.25, 0.3) is 0 Å². The number of hydrogen-bond acceptors (Lipinski definition) is 3.